The van der Waals surface area contributed by atoms with Gasteiger partial charge in [0, 0.05) is 0 Å². The molecule has 1 aromatic rings. The first kappa shape index (κ1) is 26.4. The molecular formula is C28H44O4. The summed E-state index contributed by atoms with van der Waals surface area (Å²) in [5.41, 5.74) is 0.609. The lowest BCUT2D eigenvalue weighted by atomic mass is 10.0. The molecule has 180 valence electrons. The Morgan fingerprint density at radius 2 is 0.656 bits per heavy atom. The zero-order valence-electron chi connectivity index (χ0n) is 20.1. The van der Waals surface area contributed by atoms with Crippen molar-refractivity contribution < 1.29 is 19.1 Å². The van der Waals surface area contributed by atoms with E-state index in [4.69, 9.17) is 9.47 Å². The standard InChI is InChI=1S/C28H44O4/c29-27-25-21-17-18-22-26(25)28(30)32-24-20-16-14-12-10-8-6-4-2-1-3-5-7-9-11-13-15-19-23-31-27/h17-18,21-22H,1-16,19-20,23-24H2. The largest absolute Gasteiger partial charge is 0.462 e. The summed E-state index contributed by atoms with van der Waals surface area (Å²) in [6, 6.07) is 6.81. The number of fused-ring (bicyclic) bond motifs is 1. The summed E-state index contributed by atoms with van der Waals surface area (Å²) in [6.45, 7) is 0.810. The van der Waals surface area contributed by atoms with E-state index in [1.165, 1.54) is 89.9 Å². The van der Waals surface area contributed by atoms with Crippen LogP contribution in [0.25, 0.3) is 0 Å². The molecule has 0 N–H and O–H groups in total. The molecule has 4 nitrogen and oxygen atoms in total. The Morgan fingerprint density at radius 1 is 0.406 bits per heavy atom. The van der Waals surface area contributed by atoms with Crippen molar-refractivity contribution in [2.75, 3.05) is 13.2 Å². The molecule has 0 aromatic heterocycles. The fourth-order valence-electron chi connectivity index (χ4n) is 4.36. The minimum absolute atomic E-state index is 0.305. The van der Waals surface area contributed by atoms with Crippen LogP contribution in [0.2, 0.25) is 0 Å². The highest BCUT2D eigenvalue weighted by molar-refractivity contribution is 6.03. The fraction of sp³-hybridized carbons (Fsp3) is 0.714. The molecule has 0 saturated carbocycles. The quantitative estimate of drug-likeness (QED) is 0.380. The van der Waals surface area contributed by atoms with E-state index in [1.807, 2.05) is 0 Å². The second-order valence-electron chi connectivity index (χ2n) is 9.18. The van der Waals surface area contributed by atoms with E-state index >= 15 is 0 Å². The number of benzene rings is 1. The van der Waals surface area contributed by atoms with Crippen molar-refractivity contribution in [2.45, 2.75) is 116 Å². The molecule has 0 spiro atoms. The predicted octanol–water partition coefficient (Wildman–Crippen LogP) is 8.04. The van der Waals surface area contributed by atoms with Gasteiger partial charge >= 0.3 is 11.9 Å². The molecule has 1 aromatic carbocycles. The Labute approximate surface area is 195 Å². The third kappa shape index (κ3) is 11.7. The molecule has 1 aliphatic rings. The fourth-order valence-corrected chi connectivity index (χ4v) is 4.36. The Kier molecular flexibility index (Phi) is 14.6. The molecule has 0 amide bonds. The minimum atomic E-state index is -0.431. The first-order valence-corrected chi connectivity index (χ1v) is 13.2. The lowest BCUT2D eigenvalue weighted by Crippen LogP contribution is -2.15. The van der Waals surface area contributed by atoms with E-state index in [9.17, 15) is 9.59 Å². The van der Waals surface area contributed by atoms with Gasteiger partial charge in [-0.2, -0.15) is 0 Å². The Bertz CT molecular complexity index is 585. The Morgan fingerprint density at radius 3 is 0.938 bits per heavy atom. The smallest absolute Gasteiger partial charge is 0.339 e. The highest BCUT2D eigenvalue weighted by Crippen LogP contribution is 2.16. The summed E-state index contributed by atoms with van der Waals surface area (Å²) in [7, 11) is 0. The van der Waals surface area contributed by atoms with Gasteiger partial charge in [0.05, 0.1) is 24.3 Å². The number of carbonyl (C=O) groups is 2. The first-order valence-electron chi connectivity index (χ1n) is 13.2. The minimum Gasteiger partial charge on any atom is -0.462 e. The normalized spacial score (nSPS) is 20.5. The second-order valence-corrected chi connectivity index (χ2v) is 9.18. The number of hydrogen-bond donors (Lipinski definition) is 0. The van der Waals surface area contributed by atoms with Crippen LogP contribution in [0.5, 0.6) is 0 Å². The van der Waals surface area contributed by atoms with Crippen molar-refractivity contribution in [3.8, 4) is 0 Å². The van der Waals surface area contributed by atoms with Gasteiger partial charge in [0.15, 0.2) is 0 Å². The van der Waals surface area contributed by atoms with Gasteiger partial charge in [-0.15, -0.1) is 0 Å². The zero-order chi connectivity index (χ0) is 22.7. The van der Waals surface area contributed by atoms with Crippen LogP contribution in [0.3, 0.4) is 0 Å². The van der Waals surface area contributed by atoms with Crippen molar-refractivity contribution in [2.24, 2.45) is 0 Å². The van der Waals surface area contributed by atoms with Gasteiger partial charge in [-0.05, 0) is 25.0 Å². The molecule has 32 heavy (non-hydrogen) atoms. The van der Waals surface area contributed by atoms with E-state index in [0.29, 0.717) is 24.3 Å². The van der Waals surface area contributed by atoms with Crippen molar-refractivity contribution in [1.82, 2.24) is 0 Å². The van der Waals surface area contributed by atoms with E-state index in [0.717, 1.165) is 25.7 Å². The van der Waals surface area contributed by atoms with Crippen molar-refractivity contribution in [3.63, 3.8) is 0 Å². The van der Waals surface area contributed by atoms with Crippen LogP contribution >= 0.6 is 0 Å². The van der Waals surface area contributed by atoms with E-state index in [1.54, 1.807) is 24.3 Å². The molecular weight excluding hydrogens is 400 g/mol. The van der Waals surface area contributed by atoms with Crippen LogP contribution < -0.4 is 0 Å². The lowest BCUT2D eigenvalue weighted by Gasteiger charge is -2.10. The van der Waals surface area contributed by atoms with Crippen LogP contribution in [-0.2, 0) is 9.47 Å². The van der Waals surface area contributed by atoms with Gasteiger partial charge < -0.3 is 9.47 Å². The van der Waals surface area contributed by atoms with Gasteiger partial charge in [-0.25, -0.2) is 9.59 Å². The van der Waals surface area contributed by atoms with Crippen LogP contribution in [-0.4, -0.2) is 25.2 Å². The van der Waals surface area contributed by atoms with Crippen molar-refractivity contribution in [3.05, 3.63) is 35.4 Å². The SMILES string of the molecule is O=C1OCCCCCCCCCCCCCCCCCCCCOC(=O)c2ccccc21. The number of carbonyl (C=O) groups excluding carboxylic acids is 2. The van der Waals surface area contributed by atoms with E-state index < -0.39 is 11.9 Å². The number of cyclic esters (lactones) is 2. The Balaban J connectivity index is 1.78. The maximum absolute atomic E-state index is 12.5. The molecule has 0 fully saturated rings. The summed E-state index contributed by atoms with van der Waals surface area (Å²) in [5.74, 6) is -0.863. The zero-order valence-corrected chi connectivity index (χ0v) is 20.1. The van der Waals surface area contributed by atoms with Crippen LogP contribution in [0.15, 0.2) is 24.3 Å². The predicted molar refractivity (Wildman–Crippen MR) is 130 cm³/mol. The maximum Gasteiger partial charge on any atom is 0.339 e. The van der Waals surface area contributed by atoms with Crippen LogP contribution in [0.1, 0.15) is 136 Å². The first-order chi connectivity index (χ1) is 15.8. The Hall–Kier alpha value is -1.84. The highest BCUT2D eigenvalue weighted by Gasteiger charge is 2.18. The van der Waals surface area contributed by atoms with Crippen LogP contribution in [0, 0.1) is 0 Å². The van der Waals surface area contributed by atoms with Gasteiger partial charge in [0.25, 0.3) is 0 Å². The summed E-state index contributed by atoms with van der Waals surface area (Å²) in [4.78, 5) is 25.0. The summed E-state index contributed by atoms with van der Waals surface area (Å²) in [5, 5.41) is 0. The summed E-state index contributed by atoms with van der Waals surface area (Å²) in [6.07, 6.45) is 22.5. The summed E-state index contributed by atoms with van der Waals surface area (Å²) < 4.78 is 10.9. The molecule has 1 aliphatic heterocycles. The molecule has 0 bridgehead atoms. The average Bonchev–Trinajstić information content (AvgIpc) is 2.81. The molecule has 0 aliphatic carbocycles. The molecule has 0 radical (unpaired) electrons. The number of ether oxygens (including phenoxy) is 2. The third-order valence-electron chi connectivity index (χ3n) is 6.37. The maximum atomic E-state index is 12.5. The van der Waals surface area contributed by atoms with Gasteiger partial charge in [0.1, 0.15) is 0 Å². The molecule has 4 heteroatoms. The number of esters is 2. The number of hydrogen-bond acceptors (Lipinski definition) is 4. The molecule has 0 saturated heterocycles. The molecule has 2 rings (SSSR count). The lowest BCUT2D eigenvalue weighted by molar-refractivity contribution is 0.0450. The van der Waals surface area contributed by atoms with Crippen molar-refractivity contribution >= 4 is 11.9 Å². The highest BCUT2D eigenvalue weighted by atomic mass is 16.5. The molecule has 0 atom stereocenters. The van der Waals surface area contributed by atoms with E-state index in [2.05, 4.69) is 0 Å². The van der Waals surface area contributed by atoms with Gasteiger partial charge in [-0.3, -0.25) is 0 Å². The third-order valence-corrected chi connectivity index (χ3v) is 6.37. The molecule has 1 heterocycles. The van der Waals surface area contributed by atoms with Crippen LogP contribution in [0.4, 0.5) is 0 Å². The van der Waals surface area contributed by atoms with Crippen molar-refractivity contribution in [1.29, 1.82) is 0 Å². The molecule has 0 unspecified atom stereocenters. The monoisotopic (exact) mass is 444 g/mol. The second kappa shape index (κ2) is 17.7. The van der Waals surface area contributed by atoms with Gasteiger partial charge in [-0.1, -0.05) is 115 Å². The topological polar surface area (TPSA) is 52.6 Å². The van der Waals surface area contributed by atoms with Gasteiger partial charge in [0.2, 0.25) is 0 Å². The van der Waals surface area contributed by atoms with E-state index in [-0.39, 0.29) is 0 Å². The summed E-state index contributed by atoms with van der Waals surface area (Å²) >= 11 is 0. The average molecular weight is 445 g/mol. The number of rotatable bonds is 0.